The molecule has 1 heterocycles. The number of nitrogens with one attached hydrogen (secondary N) is 2. The summed E-state index contributed by atoms with van der Waals surface area (Å²) in [7, 11) is 3.69. The Morgan fingerprint density at radius 1 is 1.31 bits per heavy atom. The second kappa shape index (κ2) is 11.8. The van der Waals surface area contributed by atoms with Crippen LogP contribution in [0.15, 0.2) is 16.6 Å². The second-order valence-corrected chi connectivity index (χ2v) is 7.25. The highest BCUT2D eigenvalue weighted by Crippen LogP contribution is 2.39. The zero-order chi connectivity index (χ0) is 18.1. The van der Waals surface area contributed by atoms with E-state index >= 15 is 0 Å². The van der Waals surface area contributed by atoms with Gasteiger partial charge in [0.2, 0.25) is 5.91 Å². The van der Waals surface area contributed by atoms with Crippen molar-refractivity contribution in [1.29, 1.82) is 0 Å². The second-order valence-electron chi connectivity index (χ2n) is 7.25. The van der Waals surface area contributed by atoms with Crippen molar-refractivity contribution >= 4 is 35.8 Å². The molecule has 0 aromatic carbocycles. The van der Waals surface area contributed by atoms with E-state index in [2.05, 4.69) is 23.6 Å². The van der Waals surface area contributed by atoms with Gasteiger partial charge in [0, 0.05) is 27.2 Å². The summed E-state index contributed by atoms with van der Waals surface area (Å²) in [5.41, 5.74) is 1.14. The molecule has 0 aromatic rings. The fourth-order valence-electron chi connectivity index (χ4n) is 3.67. The summed E-state index contributed by atoms with van der Waals surface area (Å²) in [6, 6.07) is 0. The molecule has 0 aromatic heterocycles. The van der Waals surface area contributed by atoms with Crippen LogP contribution >= 0.6 is 24.0 Å². The Morgan fingerprint density at radius 2 is 2.04 bits per heavy atom. The molecule has 0 spiro atoms. The van der Waals surface area contributed by atoms with Gasteiger partial charge in [-0.05, 0) is 32.6 Å². The van der Waals surface area contributed by atoms with Gasteiger partial charge in [0.1, 0.15) is 0 Å². The van der Waals surface area contributed by atoms with Crippen LogP contribution < -0.4 is 10.6 Å². The van der Waals surface area contributed by atoms with Crippen molar-refractivity contribution in [3.05, 3.63) is 11.6 Å². The molecule has 1 aliphatic heterocycles. The van der Waals surface area contributed by atoms with E-state index in [1.165, 1.54) is 5.57 Å². The van der Waals surface area contributed by atoms with Crippen LogP contribution in [-0.2, 0) is 9.53 Å². The van der Waals surface area contributed by atoms with E-state index in [0.717, 1.165) is 70.8 Å². The minimum absolute atomic E-state index is 0. The summed E-state index contributed by atoms with van der Waals surface area (Å²) in [6.45, 7) is 5.86. The number of rotatable bonds is 7. The maximum atomic E-state index is 12.7. The molecule has 1 amide bonds. The van der Waals surface area contributed by atoms with E-state index in [4.69, 9.17) is 9.73 Å². The van der Waals surface area contributed by atoms with Crippen LogP contribution in [0.4, 0.5) is 0 Å². The van der Waals surface area contributed by atoms with E-state index in [1.54, 1.807) is 4.90 Å². The topological polar surface area (TPSA) is 66.0 Å². The quantitative estimate of drug-likeness (QED) is 0.256. The van der Waals surface area contributed by atoms with Crippen LogP contribution in [0.25, 0.3) is 0 Å². The van der Waals surface area contributed by atoms with Crippen LogP contribution in [0.5, 0.6) is 0 Å². The molecule has 0 radical (unpaired) electrons. The molecule has 1 aliphatic carbocycles. The number of nitrogens with zero attached hydrogens (tertiary/aromatic N) is 2. The number of hydrogen-bond acceptors (Lipinski definition) is 3. The molecule has 150 valence electrons. The zero-order valence-corrected chi connectivity index (χ0v) is 18.8. The van der Waals surface area contributed by atoms with Crippen LogP contribution in [0, 0.1) is 5.41 Å². The number of amides is 1. The third kappa shape index (κ3) is 6.72. The first kappa shape index (κ1) is 23.2. The summed E-state index contributed by atoms with van der Waals surface area (Å²) in [6.07, 6.45) is 8.34. The Kier molecular flexibility index (Phi) is 10.5. The molecule has 2 N–H and O–H groups in total. The minimum atomic E-state index is -0.310. The molecule has 0 unspecified atom stereocenters. The van der Waals surface area contributed by atoms with Gasteiger partial charge >= 0.3 is 0 Å². The van der Waals surface area contributed by atoms with E-state index in [9.17, 15) is 4.79 Å². The lowest BCUT2D eigenvalue weighted by Crippen LogP contribution is -2.43. The van der Waals surface area contributed by atoms with Gasteiger partial charge in [0.05, 0.1) is 25.2 Å². The van der Waals surface area contributed by atoms with Crippen molar-refractivity contribution in [2.24, 2.45) is 10.4 Å². The molecule has 1 fully saturated rings. The number of ether oxygens (including phenoxy) is 1. The average molecular weight is 478 g/mol. The predicted octanol–water partition coefficient (Wildman–Crippen LogP) is 2.54. The first-order chi connectivity index (χ1) is 12.1. The summed E-state index contributed by atoms with van der Waals surface area (Å²) in [5, 5.41) is 6.71. The number of guanidine groups is 1. The fourth-order valence-corrected chi connectivity index (χ4v) is 3.67. The Labute approximate surface area is 175 Å². The van der Waals surface area contributed by atoms with Crippen molar-refractivity contribution in [1.82, 2.24) is 15.5 Å². The largest absolute Gasteiger partial charge is 0.377 e. The minimum Gasteiger partial charge on any atom is -0.377 e. The Bertz CT molecular complexity index is 500. The highest BCUT2D eigenvalue weighted by atomic mass is 127. The summed E-state index contributed by atoms with van der Waals surface area (Å²) in [5.74, 6) is 1.03. The molecule has 1 saturated carbocycles. The van der Waals surface area contributed by atoms with Crippen LogP contribution in [0.1, 0.15) is 45.4 Å². The fraction of sp³-hybridized carbons (Fsp3) is 0.789. The molecule has 6 nitrogen and oxygen atoms in total. The summed E-state index contributed by atoms with van der Waals surface area (Å²) < 4.78 is 5.35. The van der Waals surface area contributed by atoms with Crippen molar-refractivity contribution in [2.45, 2.75) is 45.4 Å². The monoisotopic (exact) mass is 478 g/mol. The van der Waals surface area contributed by atoms with Gasteiger partial charge in [-0.25, -0.2) is 0 Å². The third-order valence-corrected chi connectivity index (χ3v) is 5.10. The maximum absolute atomic E-state index is 12.7. The smallest absolute Gasteiger partial charge is 0.230 e. The number of halogens is 1. The molecule has 0 saturated heterocycles. The summed E-state index contributed by atoms with van der Waals surface area (Å²) >= 11 is 0. The zero-order valence-electron chi connectivity index (χ0n) is 16.5. The van der Waals surface area contributed by atoms with Crippen molar-refractivity contribution < 1.29 is 9.53 Å². The summed E-state index contributed by atoms with van der Waals surface area (Å²) in [4.78, 5) is 19.1. The number of aliphatic imine (C=N–C) groups is 1. The van der Waals surface area contributed by atoms with Gasteiger partial charge in [0.25, 0.3) is 0 Å². The molecule has 0 bridgehead atoms. The van der Waals surface area contributed by atoms with Gasteiger partial charge in [-0.2, -0.15) is 0 Å². The van der Waals surface area contributed by atoms with E-state index in [-0.39, 0.29) is 35.3 Å². The van der Waals surface area contributed by atoms with Crippen LogP contribution in [0.2, 0.25) is 0 Å². The Morgan fingerprint density at radius 3 is 2.62 bits per heavy atom. The molecule has 26 heavy (non-hydrogen) atoms. The molecule has 2 aliphatic rings. The number of carbonyl (C=O) groups excluding carboxylic acids is 1. The highest BCUT2D eigenvalue weighted by molar-refractivity contribution is 14.0. The predicted molar refractivity (Wildman–Crippen MR) is 117 cm³/mol. The molecular weight excluding hydrogens is 443 g/mol. The third-order valence-electron chi connectivity index (χ3n) is 5.10. The lowest BCUT2D eigenvalue weighted by Gasteiger charge is -2.29. The molecule has 2 rings (SSSR count). The Balaban J connectivity index is 0.00000338. The maximum Gasteiger partial charge on any atom is 0.230 e. The number of carbonyl (C=O) groups is 1. The number of hydrogen-bond donors (Lipinski definition) is 2. The lowest BCUT2D eigenvalue weighted by molar-refractivity contribution is -0.138. The van der Waals surface area contributed by atoms with E-state index < -0.39 is 0 Å². The molecule has 7 heteroatoms. The van der Waals surface area contributed by atoms with Crippen molar-refractivity contribution in [2.75, 3.05) is 46.9 Å². The van der Waals surface area contributed by atoms with Crippen molar-refractivity contribution in [3.63, 3.8) is 0 Å². The van der Waals surface area contributed by atoms with Gasteiger partial charge in [-0.1, -0.05) is 24.5 Å². The van der Waals surface area contributed by atoms with Crippen LogP contribution in [0.3, 0.4) is 0 Å². The first-order valence-electron chi connectivity index (χ1n) is 9.57. The van der Waals surface area contributed by atoms with Gasteiger partial charge in [0.15, 0.2) is 5.96 Å². The average Bonchev–Trinajstić information content (AvgIpc) is 3.10. The van der Waals surface area contributed by atoms with Gasteiger partial charge < -0.3 is 20.3 Å². The first-order valence-corrected chi connectivity index (χ1v) is 9.57. The highest BCUT2D eigenvalue weighted by Gasteiger charge is 2.42. The standard InChI is InChI=1S/C19H34N4O2.HI/c1-4-20-18(21-12-7-16-8-13-25-14-9-16)22-15-19(10-5-6-11-19)17(24)23(2)3;/h8H,4-7,9-15H2,1-3H3,(H2,20,21,22);1H. The van der Waals surface area contributed by atoms with E-state index in [0.29, 0.717) is 6.54 Å². The molecular formula is C19H35IN4O2. The van der Waals surface area contributed by atoms with E-state index in [1.807, 2.05) is 14.1 Å². The normalized spacial score (nSPS) is 19.3. The lowest BCUT2D eigenvalue weighted by atomic mass is 9.85. The van der Waals surface area contributed by atoms with Gasteiger partial charge in [-0.3, -0.25) is 9.79 Å². The van der Waals surface area contributed by atoms with Crippen LogP contribution in [-0.4, -0.2) is 63.7 Å². The SMILES string of the molecule is CCNC(=NCC1(C(=O)N(C)C)CCCC1)NCCC1=CCOCC1.I. The van der Waals surface area contributed by atoms with Gasteiger partial charge in [-0.15, -0.1) is 24.0 Å². The van der Waals surface area contributed by atoms with Crippen molar-refractivity contribution in [3.8, 4) is 0 Å². The molecule has 0 atom stereocenters. The Hall–Kier alpha value is -0.830.